The van der Waals surface area contributed by atoms with Crippen LogP contribution in [0.3, 0.4) is 0 Å². The number of nitrogens with one attached hydrogen (secondary N) is 2. The number of benzene rings is 2. The van der Waals surface area contributed by atoms with Gasteiger partial charge in [0.05, 0.1) is 18.2 Å². The van der Waals surface area contributed by atoms with Gasteiger partial charge in [-0.1, -0.05) is 23.8 Å². The molecule has 2 aromatic carbocycles. The van der Waals surface area contributed by atoms with Gasteiger partial charge >= 0.3 is 5.97 Å². The molecule has 154 valence electrons. The molecule has 1 heterocycles. The van der Waals surface area contributed by atoms with E-state index in [1.807, 2.05) is 25.1 Å². The zero-order valence-electron chi connectivity index (χ0n) is 17.6. The molecular formula is C23H28N2O3S. The summed E-state index contributed by atoms with van der Waals surface area (Å²) in [6, 6.07) is 11.7. The maximum Gasteiger partial charge on any atom is 0.338 e. The Morgan fingerprint density at radius 1 is 1.28 bits per heavy atom. The van der Waals surface area contributed by atoms with Crippen LogP contribution in [0.15, 0.2) is 36.4 Å². The molecule has 0 saturated heterocycles. The fourth-order valence-corrected chi connectivity index (χ4v) is 3.87. The lowest BCUT2D eigenvalue weighted by molar-refractivity contribution is 0.0525. The molecule has 0 fully saturated rings. The summed E-state index contributed by atoms with van der Waals surface area (Å²) in [5.74, 6) is 0.552. The first kappa shape index (κ1) is 21.1. The number of fused-ring (bicyclic) bond motifs is 1. The molecule has 6 heteroatoms. The van der Waals surface area contributed by atoms with Crippen molar-refractivity contribution >= 4 is 29.0 Å². The summed E-state index contributed by atoms with van der Waals surface area (Å²) in [6.07, 6.45) is 0.785. The minimum atomic E-state index is -0.330. The third kappa shape index (κ3) is 4.88. The SMILES string of the molecule is CCOC(=O)c1cccc(NC(=S)N[C@@H]2CC(C)(C)Oc3ccc(C)cc32)c1C. The summed E-state index contributed by atoms with van der Waals surface area (Å²) in [5, 5.41) is 7.17. The van der Waals surface area contributed by atoms with Gasteiger partial charge in [-0.3, -0.25) is 0 Å². The number of hydrogen-bond acceptors (Lipinski definition) is 4. The molecule has 1 aliphatic heterocycles. The molecule has 0 spiro atoms. The van der Waals surface area contributed by atoms with Gasteiger partial charge in [0.25, 0.3) is 0 Å². The minimum Gasteiger partial charge on any atom is -0.487 e. The number of aryl methyl sites for hydroxylation is 1. The van der Waals surface area contributed by atoms with Crippen LogP contribution < -0.4 is 15.4 Å². The average molecular weight is 413 g/mol. The van der Waals surface area contributed by atoms with Crippen molar-refractivity contribution in [1.82, 2.24) is 5.32 Å². The molecule has 1 aliphatic rings. The Kier molecular flexibility index (Phi) is 6.13. The molecule has 0 saturated carbocycles. The van der Waals surface area contributed by atoms with Gasteiger partial charge in [-0.15, -0.1) is 0 Å². The smallest absolute Gasteiger partial charge is 0.338 e. The zero-order valence-corrected chi connectivity index (χ0v) is 18.4. The van der Waals surface area contributed by atoms with Crippen LogP contribution in [-0.2, 0) is 4.74 Å². The Labute approximate surface area is 177 Å². The van der Waals surface area contributed by atoms with Crippen molar-refractivity contribution < 1.29 is 14.3 Å². The molecule has 29 heavy (non-hydrogen) atoms. The largest absolute Gasteiger partial charge is 0.487 e. The molecular weight excluding hydrogens is 384 g/mol. The number of carbonyl (C=O) groups excluding carboxylic acids is 1. The van der Waals surface area contributed by atoms with Crippen molar-refractivity contribution in [1.29, 1.82) is 0 Å². The van der Waals surface area contributed by atoms with Crippen molar-refractivity contribution in [3.63, 3.8) is 0 Å². The van der Waals surface area contributed by atoms with Crippen LogP contribution >= 0.6 is 12.2 Å². The van der Waals surface area contributed by atoms with E-state index < -0.39 is 0 Å². The van der Waals surface area contributed by atoms with Gasteiger partial charge in [0.1, 0.15) is 11.4 Å². The summed E-state index contributed by atoms with van der Waals surface area (Å²) in [7, 11) is 0. The Hall–Kier alpha value is -2.60. The van der Waals surface area contributed by atoms with Crippen molar-refractivity contribution in [2.45, 2.75) is 52.7 Å². The normalized spacial score (nSPS) is 16.9. The Morgan fingerprint density at radius 3 is 2.76 bits per heavy atom. The van der Waals surface area contributed by atoms with Crippen molar-refractivity contribution in [3.05, 3.63) is 58.7 Å². The van der Waals surface area contributed by atoms with Gasteiger partial charge in [0.15, 0.2) is 5.11 Å². The summed E-state index contributed by atoms with van der Waals surface area (Å²) < 4.78 is 11.3. The molecule has 0 bridgehead atoms. The molecule has 0 aliphatic carbocycles. The van der Waals surface area contributed by atoms with Gasteiger partial charge < -0.3 is 20.1 Å². The highest BCUT2D eigenvalue weighted by Crippen LogP contribution is 2.39. The van der Waals surface area contributed by atoms with Gasteiger partial charge in [0, 0.05) is 17.7 Å². The molecule has 2 aromatic rings. The number of hydrogen-bond donors (Lipinski definition) is 2. The molecule has 1 atom stereocenters. The van der Waals surface area contributed by atoms with Gasteiger partial charge in [-0.2, -0.15) is 0 Å². The van der Waals surface area contributed by atoms with Crippen molar-refractivity contribution in [3.8, 4) is 5.75 Å². The third-order valence-electron chi connectivity index (χ3n) is 5.01. The van der Waals surface area contributed by atoms with Gasteiger partial charge in [-0.25, -0.2) is 4.79 Å². The number of carbonyl (C=O) groups is 1. The van der Waals surface area contributed by atoms with E-state index in [-0.39, 0.29) is 17.6 Å². The van der Waals surface area contributed by atoms with E-state index in [0.29, 0.717) is 17.3 Å². The first-order chi connectivity index (χ1) is 13.7. The monoisotopic (exact) mass is 412 g/mol. The summed E-state index contributed by atoms with van der Waals surface area (Å²) in [5.41, 5.74) is 4.10. The fraction of sp³-hybridized carbons (Fsp3) is 0.391. The van der Waals surface area contributed by atoms with E-state index in [1.165, 1.54) is 5.56 Å². The second kappa shape index (κ2) is 8.41. The topological polar surface area (TPSA) is 59.6 Å². The Balaban J connectivity index is 1.79. The van der Waals surface area contributed by atoms with Crippen LogP contribution in [0.2, 0.25) is 0 Å². The van der Waals surface area contributed by atoms with E-state index in [0.717, 1.165) is 29.0 Å². The van der Waals surface area contributed by atoms with Crippen LogP contribution in [0.25, 0.3) is 0 Å². The first-order valence-corrected chi connectivity index (χ1v) is 10.2. The van der Waals surface area contributed by atoms with E-state index in [4.69, 9.17) is 21.7 Å². The lowest BCUT2D eigenvalue weighted by Gasteiger charge is -2.38. The standard InChI is InChI=1S/C23H28N2O3S/c1-6-27-21(26)16-8-7-9-18(15(16)3)24-22(29)25-19-13-23(4,5)28-20-11-10-14(2)12-17(19)20/h7-12,19H,6,13H2,1-5H3,(H2,24,25,29)/t19-/m1/s1. The zero-order chi connectivity index (χ0) is 21.2. The maximum absolute atomic E-state index is 12.1. The third-order valence-corrected chi connectivity index (χ3v) is 5.23. The van der Waals surface area contributed by atoms with Crippen molar-refractivity contribution in [2.24, 2.45) is 0 Å². The number of ether oxygens (including phenoxy) is 2. The first-order valence-electron chi connectivity index (χ1n) is 9.84. The molecule has 0 aromatic heterocycles. The van der Waals surface area contributed by atoms with Gasteiger partial charge in [-0.05, 0) is 70.6 Å². The average Bonchev–Trinajstić information content (AvgIpc) is 2.63. The molecule has 2 N–H and O–H groups in total. The highest BCUT2D eigenvalue weighted by molar-refractivity contribution is 7.80. The predicted molar refractivity (Wildman–Crippen MR) is 120 cm³/mol. The summed E-state index contributed by atoms with van der Waals surface area (Å²) >= 11 is 5.59. The highest BCUT2D eigenvalue weighted by atomic mass is 32.1. The van der Waals surface area contributed by atoms with Gasteiger partial charge in [0.2, 0.25) is 0 Å². The number of esters is 1. The Morgan fingerprint density at radius 2 is 2.03 bits per heavy atom. The summed E-state index contributed by atoms with van der Waals surface area (Å²) in [6.45, 7) is 10.2. The quantitative estimate of drug-likeness (QED) is 0.540. The minimum absolute atomic E-state index is 0.0298. The molecule has 0 radical (unpaired) electrons. The van der Waals surface area contributed by atoms with Crippen LogP contribution in [0.4, 0.5) is 5.69 Å². The number of rotatable bonds is 4. The molecule has 3 rings (SSSR count). The second-order valence-electron chi connectivity index (χ2n) is 7.96. The van der Waals surface area contributed by atoms with E-state index >= 15 is 0 Å². The predicted octanol–water partition coefficient (Wildman–Crippen LogP) is 5.07. The van der Waals surface area contributed by atoms with E-state index in [1.54, 1.807) is 13.0 Å². The van der Waals surface area contributed by atoms with Crippen molar-refractivity contribution in [2.75, 3.05) is 11.9 Å². The highest BCUT2D eigenvalue weighted by Gasteiger charge is 2.34. The lowest BCUT2D eigenvalue weighted by atomic mass is 9.89. The van der Waals surface area contributed by atoms with Crippen LogP contribution in [0.5, 0.6) is 5.75 Å². The number of anilines is 1. The number of thiocarbonyl (C=S) groups is 1. The van der Waals surface area contributed by atoms with E-state index in [2.05, 4.69) is 43.5 Å². The fourth-order valence-electron chi connectivity index (χ4n) is 3.62. The molecule has 0 unspecified atom stereocenters. The summed E-state index contributed by atoms with van der Waals surface area (Å²) in [4.78, 5) is 12.1. The molecule has 0 amide bonds. The molecule has 5 nitrogen and oxygen atoms in total. The maximum atomic E-state index is 12.1. The van der Waals surface area contributed by atoms with Crippen LogP contribution in [0.1, 0.15) is 60.3 Å². The van der Waals surface area contributed by atoms with Crippen LogP contribution in [-0.4, -0.2) is 23.3 Å². The van der Waals surface area contributed by atoms with E-state index in [9.17, 15) is 4.79 Å². The Bertz CT molecular complexity index is 940. The second-order valence-corrected chi connectivity index (χ2v) is 8.37. The van der Waals surface area contributed by atoms with Crippen LogP contribution in [0, 0.1) is 13.8 Å². The lowest BCUT2D eigenvalue weighted by Crippen LogP contribution is -2.42.